The maximum atomic E-state index is 12.8. The monoisotopic (exact) mass is 437 g/mol. The third kappa shape index (κ3) is 3.27. The second kappa shape index (κ2) is 7.38. The van der Waals surface area contributed by atoms with Crippen LogP contribution in [0.15, 0.2) is 91.2 Å². The molecule has 6 rings (SSSR count). The van der Waals surface area contributed by atoms with Gasteiger partial charge in [-0.3, -0.25) is 0 Å². The maximum Gasteiger partial charge on any atom is 0.344 e. The van der Waals surface area contributed by atoms with E-state index >= 15 is 0 Å². The van der Waals surface area contributed by atoms with Gasteiger partial charge in [-0.25, -0.2) is 9.59 Å². The van der Waals surface area contributed by atoms with Gasteiger partial charge in [0.25, 0.3) is 0 Å². The zero-order valence-electron chi connectivity index (χ0n) is 17.8. The summed E-state index contributed by atoms with van der Waals surface area (Å²) in [6.07, 6.45) is 0. The third-order valence-corrected chi connectivity index (χ3v) is 6.03. The number of ether oxygens (including phenoxy) is 1. The molecule has 0 unspecified atom stereocenters. The van der Waals surface area contributed by atoms with Gasteiger partial charge in [-0.15, -0.1) is 0 Å². The molecule has 0 saturated heterocycles. The zero-order valence-corrected chi connectivity index (χ0v) is 17.8. The highest BCUT2D eigenvalue weighted by molar-refractivity contribution is 5.97. The predicted octanol–water partition coefficient (Wildman–Crippen LogP) is 5.23. The van der Waals surface area contributed by atoms with Gasteiger partial charge in [-0.1, -0.05) is 35.9 Å². The molecule has 0 atom stereocenters. The van der Waals surface area contributed by atoms with Crippen LogP contribution < -0.4 is 20.9 Å². The van der Waals surface area contributed by atoms with Gasteiger partial charge in [-0.2, -0.15) is 0 Å². The Labute approximate surface area is 188 Å². The molecule has 0 fully saturated rings. The van der Waals surface area contributed by atoms with Crippen LogP contribution in [0, 0.1) is 6.92 Å². The molecule has 2 aromatic heterocycles. The molecule has 0 spiro atoms. The smallest absolute Gasteiger partial charge is 0.344 e. The minimum atomic E-state index is -0.536. The Balaban J connectivity index is 1.54. The van der Waals surface area contributed by atoms with Gasteiger partial charge < -0.3 is 18.5 Å². The van der Waals surface area contributed by atoms with Crippen molar-refractivity contribution in [3.8, 4) is 16.9 Å². The molecule has 3 aromatic carbocycles. The maximum absolute atomic E-state index is 12.8. The van der Waals surface area contributed by atoms with E-state index in [1.54, 1.807) is 12.1 Å². The fourth-order valence-electron chi connectivity index (χ4n) is 4.33. The normalized spacial score (nSPS) is 13.2. The lowest BCUT2D eigenvalue weighted by molar-refractivity contribution is 0.289. The topological polar surface area (TPSA) is 72.9 Å². The van der Waals surface area contributed by atoms with E-state index in [0.29, 0.717) is 46.7 Å². The molecule has 0 saturated carbocycles. The molecule has 162 valence electrons. The summed E-state index contributed by atoms with van der Waals surface area (Å²) in [5.41, 5.74) is 3.63. The van der Waals surface area contributed by atoms with Crippen molar-refractivity contribution in [2.75, 3.05) is 11.6 Å². The van der Waals surface area contributed by atoms with E-state index in [2.05, 4.69) is 4.90 Å². The number of rotatable bonds is 2. The lowest BCUT2D eigenvalue weighted by Crippen LogP contribution is -2.32. The number of nitrogens with zero attached hydrogens (tertiary/aromatic N) is 1. The number of aryl methyl sites for hydroxylation is 1. The largest absolute Gasteiger partial charge is 0.473 e. The molecular formula is C27H19NO5. The van der Waals surface area contributed by atoms with E-state index in [1.165, 1.54) is 11.6 Å². The van der Waals surface area contributed by atoms with Crippen molar-refractivity contribution in [1.29, 1.82) is 0 Å². The van der Waals surface area contributed by atoms with E-state index in [4.69, 9.17) is 13.6 Å². The summed E-state index contributed by atoms with van der Waals surface area (Å²) < 4.78 is 17.1. The summed E-state index contributed by atoms with van der Waals surface area (Å²) in [6, 6.07) is 22.2. The molecule has 3 heterocycles. The van der Waals surface area contributed by atoms with E-state index in [0.717, 1.165) is 16.6 Å². The van der Waals surface area contributed by atoms with Crippen LogP contribution in [-0.2, 0) is 6.54 Å². The first-order valence-electron chi connectivity index (χ1n) is 10.6. The summed E-state index contributed by atoms with van der Waals surface area (Å²) in [4.78, 5) is 27.5. The van der Waals surface area contributed by atoms with E-state index in [9.17, 15) is 9.59 Å². The van der Waals surface area contributed by atoms with Crippen molar-refractivity contribution < 1.29 is 13.6 Å². The highest BCUT2D eigenvalue weighted by atomic mass is 16.5. The zero-order chi connectivity index (χ0) is 22.5. The fraction of sp³-hybridized carbons (Fsp3) is 0.111. The van der Waals surface area contributed by atoms with Gasteiger partial charge in [0.05, 0.1) is 17.7 Å². The van der Waals surface area contributed by atoms with E-state index < -0.39 is 11.3 Å². The Morgan fingerprint density at radius 2 is 1.67 bits per heavy atom. The van der Waals surface area contributed by atoms with Crippen LogP contribution >= 0.6 is 0 Å². The van der Waals surface area contributed by atoms with Gasteiger partial charge in [-0.05, 0) is 43.3 Å². The van der Waals surface area contributed by atoms with Gasteiger partial charge in [0, 0.05) is 28.1 Å². The van der Waals surface area contributed by atoms with Gasteiger partial charge in [0.15, 0.2) is 6.73 Å². The lowest BCUT2D eigenvalue weighted by atomic mass is 9.99. The SMILES string of the molecule is Cc1ccc(N2COc3ccc4c(-c5cc6ccccc6oc5=O)cc(=O)oc4c3C2)cc1. The summed E-state index contributed by atoms with van der Waals surface area (Å²) in [7, 11) is 0. The molecule has 0 N–H and O–H groups in total. The highest BCUT2D eigenvalue weighted by Crippen LogP contribution is 2.37. The summed E-state index contributed by atoms with van der Waals surface area (Å²) >= 11 is 0. The van der Waals surface area contributed by atoms with Crippen LogP contribution in [-0.4, -0.2) is 6.73 Å². The van der Waals surface area contributed by atoms with Crippen molar-refractivity contribution >= 4 is 27.6 Å². The molecule has 6 heteroatoms. The predicted molar refractivity (Wildman–Crippen MR) is 127 cm³/mol. The molecule has 33 heavy (non-hydrogen) atoms. The number of hydrogen-bond acceptors (Lipinski definition) is 6. The first-order chi connectivity index (χ1) is 16.1. The van der Waals surface area contributed by atoms with Crippen LogP contribution in [0.5, 0.6) is 5.75 Å². The number of anilines is 1. The summed E-state index contributed by atoms with van der Waals surface area (Å²) in [6.45, 7) is 2.94. The first-order valence-corrected chi connectivity index (χ1v) is 10.6. The van der Waals surface area contributed by atoms with Crippen LogP contribution in [0.25, 0.3) is 33.1 Å². The molecular weight excluding hydrogens is 418 g/mol. The molecule has 5 aromatic rings. The Morgan fingerprint density at radius 3 is 2.52 bits per heavy atom. The quantitative estimate of drug-likeness (QED) is 0.352. The van der Waals surface area contributed by atoms with Crippen molar-refractivity contribution in [3.05, 3.63) is 105 Å². The number of hydrogen-bond donors (Lipinski definition) is 0. The molecule has 0 amide bonds. The van der Waals surface area contributed by atoms with Gasteiger partial charge >= 0.3 is 11.3 Å². The lowest BCUT2D eigenvalue weighted by Gasteiger charge is -2.31. The van der Waals surface area contributed by atoms with Crippen LogP contribution in [0.2, 0.25) is 0 Å². The van der Waals surface area contributed by atoms with Gasteiger partial charge in [0.1, 0.15) is 16.9 Å². The second-order valence-electron chi connectivity index (χ2n) is 8.19. The number of benzene rings is 3. The minimum Gasteiger partial charge on any atom is -0.473 e. The molecule has 6 nitrogen and oxygen atoms in total. The average molecular weight is 437 g/mol. The highest BCUT2D eigenvalue weighted by Gasteiger charge is 2.24. The van der Waals surface area contributed by atoms with E-state index in [1.807, 2.05) is 61.5 Å². The number of para-hydroxylation sites is 1. The third-order valence-electron chi connectivity index (χ3n) is 6.03. The van der Waals surface area contributed by atoms with Crippen molar-refractivity contribution in [1.82, 2.24) is 0 Å². The summed E-state index contributed by atoms with van der Waals surface area (Å²) in [5, 5.41) is 1.44. The molecule has 0 bridgehead atoms. The molecule has 1 aliphatic rings. The Morgan fingerprint density at radius 1 is 0.848 bits per heavy atom. The summed E-state index contributed by atoms with van der Waals surface area (Å²) in [5.74, 6) is 0.664. The minimum absolute atomic E-state index is 0.318. The molecule has 1 aliphatic heterocycles. The molecule has 0 radical (unpaired) electrons. The van der Waals surface area contributed by atoms with Gasteiger partial charge in [0.2, 0.25) is 0 Å². The second-order valence-corrected chi connectivity index (χ2v) is 8.19. The van der Waals surface area contributed by atoms with Crippen molar-refractivity contribution in [2.24, 2.45) is 0 Å². The Kier molecular flexibility index (Phi) is 4.33. The Hall–Kier alpha value is -4.32. The fourth-order valence-corrected chi connectivity index (χ4v) is 4.33. The Bertz CT molecular complexity index is 1650. The molecule has 0 aliphatic carbocycles. The van der Waals surface area contributed by atoms with E-state index in [-0.39, 0.29) is 0 Å². The number of fused-ring (bicyclic) bond motifs is 4. The standard InChI is InChI=1S/C27H19NO5/c1-16-6-8-18(9-7-16)28-14-22-24(31-15-28)11-10-19-20(13-25(29)33-26(19)22)21-12-17-4-2-3-5-23(17)32-27(21)30/h2-13H,14-15H2,1H3. The van der Waals surface area contributed by atoms with Crippen molar-refractivity contribution in [2.45, 2.75) is 13.5 Å². The van der Waals surface area contributed by atoms with Crippen LogP contribution in [0.3, 0.4) is 0 Å². The van der Waals surface area contributed by atoms with Crippen LogP contribution in [0.1, 0.15) is 11.1 Å². The average Bonchev–Trinajstić information content (AvgIpc) is 2.83. The van der Waals surface area contributed by atoms with Crippen LogP contribution in [0.4, 0.5) is 5.69 Å². The van der Waals surface area contributed by atoms with Crippen molar-refractivity contribution in [3.63, 3.8) is 0 Å². The first kappa shape index (κ1) is 19.4.